The lowest BCUT2D eigenvalue weighted by atomic mass is 9.73. The van der Waals surface area contributed by atoms with Crippen LogP contribution < -0.4 is 10.1 Å². The van der Waals surface area contributed by atoms with Crippen molar-refractivity contribution >= 4 is 28.5 Å². The second kappa shape index (κ2) is 13.2. The van der Waals surface area contributed by atoms with Crippen LogP contribution in [0.3, 0.4) is 0 Å². The van der Waals surface area contributed by atoms with E-state index in [0.717, 1.165) is 55.4 Å². The van der Waals surface area contributed by atoms with Crippen molar-refractivity contribution < 1.29 is 29.0 Å². The van der Waals surface area contributed by atoms with Gasteiger partial charge >= 0.3 is 0 Å². The number of aliphatic hydroxyl groups is 1. The van der Waals surface area contributed by atoms with Gasteiger partial charge in [0.1, 0.15) is 17.9 Å². The Morgan fingerprint density at radius 3 is 2.54 bits per heavy atom. The van der Waals surface area contributed by atoms with Gasteiger partial charge in [-0.2, -0.15) is 0 Å². The molecule has 3 atom stereocenters. The first-order chi connectivity index (χ1) is 23.1. The van der Waals surface area contributed by atoms with E-state index in [9.17, 15) is 19.5 Å². The first-order valence-corrected chi connectivity index (χ1v) is 17.3. The third-order valence-electron chi connectivity index (χ3n) is 11.0. The van der Waals surface area contributed by atoms with Crippen molar-refractivity contribution in [2.24, 2.45) is 11.8 Å². The average Bonchev–Trinajstić information content (AvgIpc) is 3.59. The molecule has 254 valence electrons. The third-order valence-corrected chi connectivity index (χ3v) is 11.0. The zero-order valence-electron chi connectivity index (χ0n) is 28.1. The molecular weight excluding hydrogens is 608 g/mol. The van der Waals surface area contributed by atoms with Crippen LogP contribution in [0.1, 0.15) is 85.5 Å². The molecule has 3 amide bonds. The van der Waals surface area contributed by atoms with E-state index in [1.54, 1.807) is 18.1 Å². The molecule has 2 aromatic carbocycles. The summed E-state index contributed by atoms with van der Waals surface area (Å²) in [6.07, 6.45) is 6.80. The number of fused-ring (bicyclic) bond motifs is 2. The maximum atomic E-state index is 13.1. The summed E-state index contributed by atoms with van der Waals surface area (Å²) in [5.74, 6) is 0.854. The van der Waals surface area contributed by atoms with Crippen LogP contribution in [0.2, 0.25) is 0 Å². The number of hydrogen-bond acceptors (Lipinski definition) is 8. The highest BCUT2D eigenvalue weighted by Gasteiger charge is 2.40. The summed E-state index contributed by atoms with van der Waals surface area (Å²) in [5.41, 5.74) is 3.17. The molecule has 4 heterocycles. The number of pyridine rings is 1. The SMILES string of the molecule is COC[C@@H]1CN(Cc2cc3ccc(C4CCC(C(C)(C)O)CC4)cc3cn2)C[C@H]1Oc1ccc2c(c1)CN([C@H]1CCC(=O)NC1=O)C2=O. The fourth-order valence-corrected chi connectivity index (χ4v) is 8.27. The highest BCUT2D eigenvalue weighted by atomic mass is 16.5. The Hall–Kier alpha value is -3.86. The van der Waals surface area contributed by atoms with Gasteiger partial charge in [-0.25, -0.2) is 0 Å². The molecule has 3 aliphatic heterocycles. The maximum absolute atomic E-state index is 13.1. The average molecular weight is 655 g/mol. The minimum Gasteiger partial charge on any atom is -0.489 e. The van der Waals surface area contributed by atoms with Gasteiger partial charge in [-0.15, -0.1) is 0 Å². The molecule has 7 rings (SSSR count). The molecule has 0 radical (unpaired) electrons. The lowest BCUT2D eigenvalue weighted by Crippen LogP contribution is -2.52. The van der Waals surface area contributed by atoms with Crippen molar-refractivity contribution in [3.63, 3.8) is 0 Å². The molecule has 10 nitrogen and oxygen atoms in total. The number of hydrogen-bond donors (Lipinski definition) is 2. The van der Waals surface area contributed by atoms with Gasteiger partial charge in [-0.05, 0) is 105 Å². The zero-order valence-corrected chi connectivity index (χ0v) is 28.1. The quantitative estimate of drug-likeness (QED) is 0.322. The van der Waals surface area contributed by atoms with Crippen LogP contribution in [0.4, 0.5) is 0 Å². The van der Waals surface area contributed by atoms with E-state index >= 15 is 0 Å². The van der Waals surface area contributed by atoms with Gasteiger partial charge in [0.15, 0.2) is 0 Å². The Morgan fingerprint density at radius 2 is 1.79 bits per heavy atom. The van der Waals surface area contributed by atoms with Crippen molar-refractivity contribution in [3.05, 3.63) is 71.0 Å². The number of aromatic nitrogens is 1. The molecule has 1 aromatic heterocycles. The van der Waals surface area contributed by atoms with Crippen molar-refractivity contribution in [3.8, 4) is 5.75 Å². The van der Waals surface area contributed by atoms with Crippen LogP contribution in [0.15, 0.2) is 48.7 Å². The third kappa shape index (κ3) is 6.70. The van der Waals surface area contributed by atoms with Crippen LogP contribution in [0.5, 0.6) is 5.75 Å². The minimum atomic E-state index is -0.641. The summed E-state index contributed by atoms with van der Waals surface area (Å²) < 4.78 is 12.1. The number of ether oxygens (including phenoxy) is 2. The first-order valence-electron chi connectivity index (χ1n) is 17.3. The summed E-state index contributed by atoms with van der Waals surface area (Å²) in [7, 11) is 1.71. The standard InChI is InChI=1S/C38H46N4O6/c1-38(2,46)29-8-6-23(7-9-29)24-4-5-25-15-30(39-17-26(25)14-24)20-41-18-28(22-47-3)34(21-41)48-31-10-11-32-27(16-31)19-42(37(32)45)33-12-13-35(43)40-36(33)44/h4-5,10-11,14-17,23,28-29,33-34,46H,6-9,12-13,18-22H2,1-3H3,(H,40,43,44)/t23?,28-,29?,33-,34+/m0/s1. The largest absolute Gasteiger partial charge is 0.489 e. The van der Waals surface area contributed by atoms with E-state index in [0.29, 0.717) is 49.3 Å². The summed E-state index contributed by atoms with van der Waals surface area (Å²) in [6.45, 7) is 7.00. The van der Waals surface area contributed by atoms with Gasteiger partial charge in [-0.3, -0.25) is 29.6 Å². The predicted octanol–water partition coefficient (Wildman–Crippen LogP) is 4.57. The molecule has 10 heteroatoms. The van der Waals surface area contributed by atoms with Crippen LogP contribution in [0.25, 0.3) is 10.8 Å². The molecule has 0 unspecified atom stereocenters. The van der Waals surface area contributed by atoms with E-state index in [2.05, 4.69) is 34.5 Å². The fraction of sp³-hybridized carbons (Fsp3) is 0.526. The number of likely N-dealkylation sites (tertiary alicyclic amines) is 1. The topological polar surface area (TPSA) is 121 Å². The number of benzene rings is 2. The van der Waals surface area contributed by atoms with E-state index in [1.807, 2.05) is 32.2 Å². The second-order valence-electron chi connectivity index (χ2n) is 14.8. The number of imide groups is 1. The Balaban J connectivity index is 0.986. The Kier molecular flexibility index (Phi) is 9.00. The fourth-order valence-electron chi connectivity index (χ4n) is 8.27. The molecule has 4 aliphatic rings. The van der Waals surface area contributed by atoms with Gasteiger partial charge in [-0.1, -0.05) is 12.1 Å². The van der Waals surface area contributed by atoms with Crippen LogP contribution in [-0.2, 0) is 27.4 Å². The molecule has 48 heavy (non-hydrogen) atoms. The van der Waals surface area contributed by atoms with E-state index in [4.69, 9.17) is 14.5 Å². The van der Waals surface area contributed by atoms with Crippen LogP contribution >= 0.6 is 0 Å². The van der Waals surface area contributed by atoms with Crippen LogP contribution in [-0.4, -0.2) is 82.2 Å². The highest BCUT2D eigenvalue weighted by Crippen LogP contribution is 2.40. The second-order valence-corrected chi connectivity index (χ2v) is 14.8. The van der Waals surface area contributed by atoms with Gasteiger partial charge in [0.2, 0.25) is 11.8 Å². The van der Waals surface area contributed by atoms with Gasteiger partial charge in [0.05, 0.1) is 17.9 Å². The Morgan fingerprint density at radius 1 is 0.979 bits per heavy atom. The summed E-state index contributed by atoms with van der Waals surface area (Å²) >= 11 is 0. The van der Waals surface area contributed by atoms with Crippen LogP contribution in [0, 0.1) is 11.8 Å². The predicted molar refractivity (Wildman–Crippen MR) is 180 cm³/mol. The highest BCUT2D eigenvalue weighted by molar-refractivity contribution is 6.05. The van der Waals surface area contributed by atoms with Crippen molar-refractivity contribution in [2.45, 2.75) is 89.1 Å². The van der Waals surface area contributed by atoms with E-state index in [-0.39, 0.29) is 30.3 Å². The Bertz CT molecular complexity index is 1710. The number of carbonyl (C=O) groups is 3. The molecule has 3 fully saturated rings. The van der Waals surface area contributed by atoms with E-state index in [1.165, 1.54) is 10.9 Å². The number of rotatable bonds is 9. The summed E-state index contributed by atoms with van der Waals surface area (Å²) in [4.78, 5) is 45.9. The first kappa shape index (κ1) is 32.7. The van der Waals surface area contributed by atoms with E-state index < -0.39 is 17.6 Å². The monoisotopic (exact) mass is 654 g/mol. The smallest absolute Gasteiger partial charge is 0.255 e. The van der Waals surface area contributed by atoms with Gasteiger partial charge in [0, 0.05) is 62.8 Å². The molecule has 1 aliphatic carbocycles. The number of nitrogens with zero attached hydrogens (tertiary/aromatic N) is 3. The molecule has 2 saturated heterocycles. The summed E-state index contributed by atoms with van der Waals surface area (Å²) in [6, 6.07) is 13.9. The van der Waals surface area contributed by atoms with Crippen molar-refractivity contribution in [2.75, 3.05) is 26.8 Å². The number of methoxy groups -OCH3 is 1. The minimum absolute atomic E-state index is 0.0964. The molecule has 0 bridgehead atoms. The number of piperidine rings is 1. The number of amides is 3. The van der Waals surface area contributed by atoms with Gasteiger partial charge in [0.25, 0.3) is 5.91 Å². The molecule has 2 N–H and O–H groups in total. The lowest BCUT2D eigenvalue weighted by Gasteiger charge is -2.36. The molecule has 1 saturated carbocycles. The Labute approximate surface area is 281 Å². The number of nitrogens with one attached hydrogen (secondary N) is 1. The van der Waals surface area contributed by atoms with Gasteiger partial charge < -0.3 is 19.5 Å². The maximum Gasteiger partial charge on any atom is 0.255 e. The zero-order chi connectivity index (χ0) is 33.6. The normalized spacial score (nSPS) is 26.6. The van der Waals surface area contributed by atoms with Crippen molar-refractivity contribution in [1.29, 1.82) is 0 Å². The van der Waals surface area contributed by atoms with Crippen molar-refractivity contribution in [1.82, 2.24) is 20.1 Å². The summed E-state index contributed by atoms with van der Waals surface area (Å²) in [5, 5.41) is 15.1. The molecular formula is C38H46N4O6. The lowest BCUT2D eigenvalue weighted by molar-refractivity contribution is -0.136. The molecule has 0 spiro atoms. The number of carbonyl (C=O) groups excluding carboxylic acids is 3. The molecule has 3 aromatic rings.